The molecule has 0 atom stereocenters. The molecule has 0 amide bonds. The predicted octanol–water partition coefficient (Wildman–Crippen LogP) is 2.99. The fourth-order valence-corrected chi connectivity index (χ4v) is 2.25. The highest BCUT2D eigenvalue weighted by molar-refractivity contribution is 9.10. The summed E-state index contributed by atoms with van der Waals surface area (Å²) in [7, 11) is 0. The number of benzene rings is 1. The van der Waals surface area contributed by atoms with Gasteiger partial charge in [0.2, 0.25) is 0 Å². The van der Waals surface area contributed by atoms with E-state index in [0.717, 1.165) is 35.2 Å². The number of halogens is 2. The van der Waals surface area contributed by atoms with Gasteiger partial charge in [-0.3, -0.25) is 0 Å². The molecule has 0 aliphatic carbocycles. The van der Waals surface area contributed by atoms with E-state index >= 15 is 0 Å². The van der Waals surface area contributed by atoms with E-state index in [0.29, 0.717) is 6.54 Å². The fourth-order valence-electron chi connectivity index (χ4n) is 1.88. The molecule has 102 valence electrons. The lowest BCUT2D eigenvalue weighted by Crippen LogP contribution is -2.16. The van der Waals surface area contributed by atoms with Crippen LogP contribution in [0.3, 0.4) is 0 Å². The minimum Gasteiger partial charge on any atom is -0.333 e. The van der Waals surface area contributed by atoms with Crippen molar-refractivity contribution in [3.05, 3.63) is 52.3 Å². The van der Waals surface area contributed by atoms with Crippen molar-refractivity contribution in [3.63, 3.8) is 0 Å². The second-order valence-electron chi connectivity index (χ2n) is 4.38. The largest absolute Gasteiger partial charge is 0.333 e. The van der Waals surface area contributed by atoms with Crippen molar-refractivity contribution in [1.82, 2.24) is 14.9 Å². The van der Waals surface area contributed by atoms with Gasteiger partial charge in [0.15, 0.2) is 0 Å². The molecule has 0 spiro atoms. The van der Waals surface area contributed by atoms with Crippen LogP contribution in [0, 0.1) is 5.82 Å². The molecule has 2 rings (SSSR count). The first-order valence-corrected chi connectivity index (χ1v) is 7.13. The Kier molecular flexibility index (Phi) is 5.10. The highest BCUT2D eigenvalue weighted by Gasteiger charge is 2.04. The zero-order chi connectivity index (χ0) is 13.7. The Hall–Kier alpha value is -1.20. The van der Waals surface area contributed by atoms with E-state index < -0.39 is 0 Å². The summed E-state index contributed by atoms with van der Waals surface area (Å²) in [6, 6.07) is 4.72. The van der Waals surface area contributed by atoms with Crippen LogP contribution in [-0.2, 0) is 13.0 Å². The number of hydrogen-bond donors (Lipinski definition) is 1. The van der Waals surface area contributed by atoms with Crippen LogP contribution in [0.4, 0.5) is 4.39 Å². The van der Waals surface area contributed by atoms with Gasteiger partial charge in [0.1, 0.15) is 5.82 Å². The first kappa shape index (κ1) is 14.2. The van der Waals surface area contributed by atoms with Crippen LogP contribution in [0.5, 0.6) is 0 Å². The van der Waals surface area contributed by atoms with Crippen molar-refractivity contribution in [2.45, 2.75) is 19.9 Å². The lowest BCUT2D eigenvalue weighted by Gasteiger charge is -2.05. The number of nitrogens with zero attached hydrogens (tertiary/aromatic N) is 2. The zero-order valence-corrected chi connectivity index (χ0v) is 12.5. The van der Waals surface area contributed by atoms with Gasteiger partial charge in [-0.15, -0.1) is 0 Å². The Bertz CT molecular complexity index is 539. The van der Waals surface area contributed by atoms with Crippen LogP contribution in [0.1, 0.15) is 18.2 Å². The second kappa shape index (κ2) is 6.82. The van der Waals surface area contributed by atoms with Gasteiger partial charge in [-0.2, -0.15) is 0 Å². The molecule has 5 heteroatoms. The molecular weight excluding hydrogens is 309 g/mol. The van der Waals surface area contributed by atoms with E-state index in [1.807, 2.05) is 10.8 Å². The molecule has 1 N–H and O–H groups in total. The van der Waals surface area contributed by atoms with Gasteiger partial charge >= 0.3 is 0 Å². The molecule has 1 heterocycles. The van der Waals surface area contributed by atoms with E-state index in [-0.39, 0.29) is 5.82 Å². The van der Waals surface area contributed by atoms with Gasteiger partial charge < -0.3 is 9.88 Å². The molecule has 3 nitrogen and oxygen atoms in total. The lowest BCUT2D eigenvalue weighted by molar-refractivity contribution is 0.623. The van der Waals surface area contributed by atoms with Crippen LogP contribution in [-0.4, -0.2) is 22.6 Å². The van der Waals surface area contributed by atoms with Gasteiger partial charge in [-0.05, 0) is 30.3 Å². The second-order valence-corrected chi connectivity index (χ2v) is 5.23. The predicted molar refractivity (Wildman–Crippen MR) is 77.7 cm³/mol. The van der Waals surface area contributed by atoms with Crippen molar-refractivity contribution >= 4 is 15.9 Å². The third kappa shape index (κ3) is 4.14. The minimum atomic E-state index is -0.217. The lowest BCUT2D eigenvalue weighted by atomic mass is 10.2. The summed E-state index contributed by atoms with van der Waals surface area (Å²) in [5.41, 5.74) is 1.96. The summed E-state index contributed by atoms with van der Waals surface area (Å²) in [6.45, 7) is 4.60. The van der Waals surface area contributed by atoms with E-state index in [1.165, 1.54) is 6.07 Å². The molecule has 1 aromatic heterocycles. The number of imidazole rings is 1. The van der Waals surface area contributed by atoms with Crippen LogP contribution < -0.4 is 5.32 Å². The maximum atomic E-state index is 13.2. The SMILES string of the molecule is CCNCCc1cn(Cc2cc(F)ccc2Br)cn1. The Balaban J connectivity index is 2.01. The summed E-state index contributed by atoms with van der Waals surface area (Å²) in [4.78, 5) is 4.35. The van der Waals surface area contributed by atoms with Crippen LogP contribution in [0.15, 0.2) is 35.2 Å². The van der Waals surface area contributed by atoms with Gasteiger partial charge in [0.05, 0.1) is 12.0 Å². The molecular formula is C14H17BrFN3. The zero-order valence-electron chi connectivity index (χ0n) is 10.9. The van der Waals surface area contributed by atoms with E-state index in [4.69, 9.17) is 0 Å². The van der Waals surface area contributed by atoms with Crippen molar-refractivity contribution in [2.75, 3.05) is 13.1 Å². The number of aromatic nitrogens is 2. The van der Waals surface area contributed by atoms with Gasteiger partial charge in [0.25, 0.3) is 0 Å². The normalized spacial score (nSPS) is 10.9. The van der Waals surface area contributed by atoms with E-state index in [2.05, 4.69) is 33.2 Å². The van der Waals surface area contributed by atoms with Crippen molar-refractivity contribution in [1.29, 1.82) is 0 Å². The van der Waals surface area contributed by atoms with Crippen LogP contribution in [0.2, 0.25) is 0 Å². The summed E-state index contributed by atoms with van der Waals surface area (Å²) >= 11 is 3.44. The molecule has 19 heavy (non-hydrogen) atoms. The Morgan fingerprint density at radius 2 is 2.26 bits per heavy atom. The summed E-state index contributed by atoms with van der Waals surface area (Å²) in [5.74, 6) is -0.217. The highest BCUT2D eigenvalue weighted by Crippen LogP contribution is 2.19. The molecule has 0 fully saturated rings. The minimum absolute atomic E-state index is 0.217. The number of nitrogens with one attached hydrogen (secondary N) is 1. The smallest absolute Gasteiger partial charge is 0.123 e. The fraction of sp³-hybridized carbons (Fsp3) is 0.357. The Morgan fingerprint density at radius 3 is 3.05 bits per heavy atom. The molecule has 2 aromatic rings. The summed E-state index contributed by atoms with van der Waals surface area (Å²) in [6.07, 6.45) is 4.71. The quantitative estimate of drug-likeness (QED) is 0.827. The van der Waals surface area contributed by atoms with Gasteiger partial charge in [-0.1, -0.05) is 22.9 Å². The topological polar surface area (TPSA) is 29.9 Å². The maximum absolute atomic E-state index is 13.2. The van der Waals surface area contributed by atoms with Crippen molar-refractivity contribution in [3.8, 4) is 0 Å². The maximum Gasteiger partial charge on any atom is 0.123 e. The number of hydrogen-bond acceptors (Lipinski definition) is 2. The molecule has 0 radical (unpaired) electrons. The molecule has 0 unspecified atom stereocenters. The first-order chi connectivity index (χ1) is 9.19. The van der Waals surface area contributed by atoms with Crippen LogP contribution >= 0.6 is 15.9 Å². The van der Waals surface area contributed by atoms with Crippen molar-refractivity contribution in [2.24, 2.45) is 0 Å². The molecule has 0 bridgehead atoms. The Morgan fingerprint density at radius 1 is 1.42 bits per heavy atom. The molecule has 0 saturated carbocycles. The summed E-state index contributed by atoms with van der Waals surface area (Å²) < 4.78 is 16.1. The monoisotopic (exact) mass is 325 g/mol. The van der Waals surface area contributed by atoms with E-state index in [1.54, 1.807) is 18.5 Å². The average molecular weight is 326 g/mol. The number of likely N-dealkylation sites (N-methyl/N-ethyl adjacent to an activating group) is 1. The standard InChI is InChI=1S/C14H17BrFN3/c1-2-17-6-5-13-9-19(10-18-13)8-11-7-12(16)3-4-14(11)15/h3-4,7,9-10,17H,2,5-6,8H2,1H3. The third-order valence-electron chi connectivity index (χ3n) is 2.86. The Labute approximate surface area is 121 Å². The molecule has 0 saturated heterocycles. The highest BCUT2D eigenvalue weighted by atomic mass is 79.9. The third-order valence-corrected chi connectivity index (χ3v) is 3.63. The summed E-state index contributed by atoms with van der Waals surface area (Å²) in [5, 5.41) is 3.27. The molecule has 0 aliphatic rings. The van der Waals surface area contributed by atoms with Crippen molar-refractivity contribution < 1.29 is 4.39 Å². The van der Waals surface area contributed by atoms with Crippen LogP contribution in [0.25, 0.3) is 0 Å². The molecule has 0 aliphatic heterocycles. The van der Waals surface area contributed by atoms with Gasteiger partial charge in [-0.25, -0.2) is 9.37 Å². The average Bonchev–Trinajstić information content (AvgIpc) is 2.82. The van der Waals surface area contributed by atoms with Gasteiger partial charge in [0, 0.05) is 30.2 Å². The molecule has 1 aromatic carbocycles. The van der Waals surface area contributed by atoms with E-state index in [9.17, 15) is 4.39 Å². The first-order valence-electron chi connectivity index (χ1n) is 6.34. The number of rotatable bonds is 6.